The first-order chi connectivity index (χ1) is 16.5. The van der Waals surface area contributed by atoms with Crippen LogP contribution in [0.1, 0.15) is 56.4 Å². The number of aromatic amines is 1. The number of carbonyl (C=O) groups is 3. The second-order valence-electron chi connectivity index (χ2n) is 10.5. The number of nitrogens with one attached hydrogen (secondary N) is 4. The summed E-state index contributed by atoms with van der Waals surface area (Å²) in [6.07, 6.45) is 4.17. The minimum Gasteiger partial charge on any atom is -0.351 e. The Morgan fingerprint density at radius 1 is 1.34 bits per heavy atom. The molecule has 3 atom stereocenters. The number of amides is 2. The molecule has 4 N–H and O–H groups in total. The van der Waals surface area contributed by atoms with Gasteiger partial charge in [-0.15, -0.1) is 0 Å². The van der Waals surface area contributed by atoms with Gasteiger partial charge in [-0.1, -0.05) is 36.0 Å². The number of carbonyl (C=O) groups excluding carboxylic acids is 3. The zero-order valence-electron chi connectivity index (χ0n) is 19.7. The van der Waals surface area contributed by atoms with Crippen molar-refractivity contribution < 1.29 is 14.4 Å². The molecule has 1 saturated carbocycles. The van der Waals surface area contributed by atoms with E-state index in [0.717, 1.165) is 19.1 Å². The van der Waals surface area contributed by atoms with E-state index in [0.29, 0.717) is 46.1 Å². The molecule has 2 fully saturated rings. The lowest BCUT2D eigenvalue weighted by atomic mass is 9.90. The molecule has 1 saturated heterocycles. The van der Waals surface area contributed by atoms with Crippen LogP contribution in [0.2, 0.25) is 10.0 Å². The Kier molecular flexibility index (Phi) is 7.14. The van der Waals surface area contributed by atoms with Crippen LogP contribution in [-0.2, 0) is 9.59 Å². The molecule has 4 rings (SSSR count). The highest BCUT2D eigenvalue weighted by Crippen LogP contribution is 2.37. The zero-order chi connectivity index (χ0) is 25.4. The molecule has 1 aliphatic heterocycles. The van der Waals surface area contributed by atoms with Crippen LogP contribution in [0.3, 0.4) is 0 Å². The SMILES string of the molecule is CC1(C)C[C@@H](C[C@@H](C#N)NC[C@@](C=O)(CC2CC2)NC(=O)c2cc3c(Cl)cc(Cl)cc3[nH]2)C(=O)N1. The fraction of sp³-hybridized carbons (Fsp3) is 0.520. The van der Waals surface area contributed by atoms with E-state index < -0.39 is 17.5 Å². The van der Waals surface area contributed by atoms with E-state index in [9.17, 15) is 19.6 Å². The standard InChI is InChI=1S/C25H29Cl2N5O3/c1-24(2)10-15(22(34)31-24)5-17(11-28)29-12-25(13-33,9-14-3-4-14)32-23(35)21-8-18-19(27)6-16(26)7-20(18)30-21/h6-8,13-15,17,29-30H,3-5,9-10,12H2,1-2H3,(H,31,34)(H,32,35)/t15-,17+,25-/m1/s1. The van der Waals surface area contributed by atoms with Crippen molar-refractivity contribution in [2.24, 2.45) is 11.8 Å². The maximum absolute atomic E-state index is 13.2. The molecule has 0 bridgehead atoms. The number of aldehydes is 1. The first-order valence-corrected chi connectivity index (χ1v) is 12.5. The minimum absolute atomic E-state index is 0.0671. The number of rotatable bonds is 10. The number of halogens is 2. The number of hydrogen-bond donors (Lipinski definition) is 4. The van der Waals surface area contributed by atoms with Crippen LogP contribution in [0.5, 0.6) is 0 Å². The van der Waals surface area contributed by atoms with E-state index in [4.69, 9.17) is 23.2 Å². The Bertz CT molecular complexity index is 1200. The highest BCUT2D eigenvalue weighted by Gasteiger charge is 2.41. The summed E-state index contributed by atoms with van der Waals surface area (Å²) in [5, 5.41) is 20.2. The molecule has 1 aliphatic carbocycles. The van der Waals surface area contributed by atoms with Crippen LogP contribution in [0, 0.1) is 23.2 Å². The second kappa shape index (κ2) is 9.81. The molecular weight excluding hydrogens is 489 g/mol. The summed E-state index contributed by atoms with van der Waals surface area (Å²) in [4.78, 5) is 40.8. The Morgan fingerprint density at radius 2 is 2.09 bits per heavy atom. The van der Waals surface area contributed by atoms with Crippen LogP contribution in [0.15, 0.2) is 18.2 Å². The molecule has 8 nitrogen and oxygen atoms in total. The Labute approximate surface area is 214 Å². The first-order valence-electron chi connectivity index (χ1n) is 11.7. The van der Waals surface area contributed by atoms with Gasteiger partial charge < -0.3 is 20.4 Å². The van der Waals surface area contributed by atoms with Gasteiger partial charge in [0.1, 0.15) is 17.5 Å². The van der Waals surface area contributed by atoms with Gasteiger partial charge in [0.05, 0.1) is 17.1 Å². The fourth-order valence-electron chi connectivity index (χ4n) is 4.86. The van der Waals surface area contributed by atoms with Crippen molar-refractivity contribution >= 4 is 52.2 Å². The number of hydrogen-bond acceptors (Lipinski definition) is 5. The number of benzene rings is 1. The molecule has 2 aromatic rings. The predicted molar refractivity (Wildman–Crippen MR) is 134 cm³/mol. The van der Waals surface area contributed by atoms with Gasteiger partial charge in [0.2, 0.25) is 5.91 Å². The van der Waals surface area contributed by atoms with Crippen molar-refractivity contribution in [3.05, 3.63) is 33.9 Å². The molecule has 0 unspecified atom stereocenters. The van der Waals surface area contributed by atoms with Gasteiger partial charge in [0.25, 0.3) is 5.91 Å². The van der Waals surface area contributed by atoms with Crippen molar-refractivity contribution in [2.45, 2.75) is 63.1 Å². The summed E-state index contributed by atoms with van der Waals surface area (Å²) < 4.78 is 0. The minimum atomic E-state index is -1.19. The van der Waals surface area contributed by atoms with Gasteiger partial charge in [-0.25, -0.2) is 0 Å². The average Bonchev–Trinajstić information content (AvgIpc) is 3.41. The topological polar surface area (TPSA) is 127 Å². The van der Waals surface area contributed by atoms with Crippen LogP contribution >= 0.6 is 23.2 Å². The van der Waals surface area contributed by atoms with Gasteiger partial charge in [-0.3, -0.25) is 14.9 Å². The number of fused-ring (bicyclic) bond motifs is 1. The number of H-pyrrole nitrogens is 1. The van der Waals surface area contributed by atoms with Crippen LogP contribution in [0.25, 0.3) is 10.9 Å². The van der Waals surface area contributed by atoms with Crippen molar-refractivity contribution in [3.63, 3.8) is 0 Å². The lowest BCUT2D eigenvalue weighted by molar-refractivity contribution is -0.123. The Morgan fingerprint density at radius 3 is 2.69 bits per heavy atom. The third-order valence-corrected chi connectivity index (χ3v) is 7.29. The van der Waals surface area contributed by atoms with Crippen molar-refractivity contribution in [3.8, 4) is 6.07 Å². The van der Waals surface area contributed by atoms with Crippen molar-refractivity contribution in [1.82, 2.24) is 20.9 Å². The molecule has 0 radical (unpaired) electrons. The molecule has 0 spiro atoms. The molecule has 2 amide bonds. The van der Waals surface area contributed by atoms with Crippen LogP contribution < -0.4 is 16.0 Å². The molecule has 186 valence electrons. The van der Waals surface area contributed by atoms with Crippen LogP contribution in [0.4, 0.5) is 0 Å². The molecule has 2 heterocycles. The van der Waals surface area contributed by atoms with E-state index in [1.165, 1.54) is 0 Å². The van der Waals surface area contributed by atoms with E-state index >= 15 is 0 Å². The summed E-state index contributed by atoms with van der Waals surface area (Å²) in [7, 11) is 0. The Hall–Kier alpha value is -2.60. The predicted octanol–water partition coefficient (Wildman–Crippen LogP) is 3.73. The third-order valence-electron chi connectivity index (χ3n) is 6.76. The van der Waals surface area contributed by atoms with E-state index in [1.807, 2.05) is 13.8 Å². The molecule has 1 aromatic heterocycles. The highest BCUT2D eigenvalue weighted by atomic mass is 35.5. The molecule has 35 heavy (non-hydrogen) atoms. The van der Waals surface area contributed by atoms with Gasteiger partial charge >= 0.3 is 0 Å². The summed E-state index contributed by atoms with van der Waals surface area (Å²) >= 11 is 12.3. The van der Waals surface area contributed by atoms with Crippen molar-refractivity contribution in [1.29, 1.82) is 5.26 Å². The fourth-order valence-corrected chi connectivity index (χ4v) is 5.41. The van der Waals surface area contributed by atoms with E-state index in [1.54, 1.807) is 18.2 Å². The van der Waals surface area contributed by atoms with E-state index in [-0.39, 0.29) is 29.6 Å². The summed E-state index contributed by atoms with van der Waals surface area (Å²) in [5.41, 5.74) is -0.621. The monoisotopic (exact) mass is 517 g/mol. The second-order valence-corrected chi connectivity index (χ2v) is 11.3. The van der Waals surface area contributed by atoms with Gasteiger partial charge in [-0.05, 0) is 57.2 Å². The first kappa shape index (κ1) is 25.5. The molecule has 10 heteroatoms. The molecule has 2 aliphatic rings. The normalized spacial score (nSPS) is 21.7. The summed E-state index contributed by atoms with van der Waals surface area (Å²) in [5.74, 6) is -0.468. The maximum atomic E-state index is 13.2. The quantitative estimate of drug-likeness (QED) is 0.357. The van der Waals surface area contributed by atoms with Gasteiger partial charge in [-0.2, -0.15) is 5.26 Å². The molecule has 1 aromatic carbocycles. The summed E-state index contributed by atoms with van der Waals surface area (Å²) in [6, 6.07) is 6.47. The lowest BCUT2D eigenvalue weighted by Gasteiger charge is -2.31. The van der Waals surface area contributed by atoms with E-state index in [2.05, 4.69) is 27.0 Å². The number of nitrogens with zero attached hydrogens (tertiary/aromatic N) is 1. The number of nitriles is 1. The lowest BCUT2D eigenvalue weighted by Crippen LogP contribution is -2.58. The molecular formula is C25H29Cl2N5O3. The largest absolute Gasteiger partial charge is 0.351 e. The Balaban J connectivity index is 1.48. The van der Waals surface area contributed by atoms with Crippen LogP contribution in [-0.4, -0.2) is 46.7 Å². The van der Waals surface area contributed by atoms with Crippen molar-refractivity contribution in [2.75, 3.05) is 6.54 Å². The highest BCUT2D eigenvalue weighted by molar-refractivity contribution is 6.38. The zero-order valence-corrected chi connectivity index (χ0v) is 21.2. The smallest absolute Gasteiger partial charge is 0.268 e. The van der Waals surface area contributed by atoms with Gasteiger partial charge in [0, 0.05) is 33.9 Å². The average molecular weight is 518 g/mol. The summed E-state index contributed by atoms with van der Waals surface area (Å²) in [6.45, 7) is 3.99. The number of aromatic nitrogens is 1. The third kappa shape index (κ3) is 5.97. The van der Waals surface area contributed by atoms with Gasteiger partial charge in [0.15, 0.2) is 0 Å². The maximum Gasteiger partial charge on any atom is 0.268 e.